The molecule has 12 heteroatoms. The third-order valence-corrected chi connectivity index (χ3v) is 3.94. The average molecular weight is 460 g/mol. The lowest BCUT2D eigenvalue weighted by Crippen LogP contribution is -2.29. The summed E-state index contributed by atoms with van der Waals surface area (Å²) in [5.41, 5.74) is 0.739. The Morgan fingerprint density at radius 2 is 1.97 bits per heavy atom. The van der Waals surface area contributed by atoms with Crippen molar-refractivity contribution in [3.05, 3.63) is 58.2 Å². The zero-order chi connectivity index (χ0) is 23.0. The monoisotopic (exact) mass is 459 g/mol. The number of carbonyl (C=O) groups is 2. The maximum Gasteiger partial charge on any atom is 0.422 e. The van der Waals surface area contributed by atoms with Crippen molar-refractivity contribution in [2.45, 2.75) is 12.8 Å². The highest BCUT2D eigenvalue weighted by Gasteiger charge is 2.30. The fourth-order valence-corrected chi connectivity index (χ4v) is 2.54. The first-order chi connectivity index (χ1) is 14.7. The van der Waals surface area contributed by atoms with Gasteiger partial charge in [-0.15, -0.1) is 0 Å². The largest absolute Gasteiger partial charge is 0.472 e. The molecule has 31 heavy (non-hydrogen) atoms. The number of benzene rings is 1. The summed E-state index contributed by atoms with van der Waals surface area (Å²) in [6, 6.07) is 7.81. The normalized spacial score (nSPS) is 11.6. The van der Waals surface area contributed by atoms with E-state index in [1.165, 1.54) is 14.2 Å². The Labute approximate surface area is 179 Å². The Morgan fingerprint density at radius 3 is 2.58 bits per heavy atom. The molecule has 8 nitrogen and oxygen atoms in total. The molecule has 166 valence electrons. The Morgan fingerprint density at radius 1 is 1.26 bits per heavy atom. The number of amides is 1. The number of hydrogen-bond acceptors (Lipinski definition) is 7. The van der Waals surface area contributed by atoms with Crippen molar-refractivity contribution in [2.24, 2.45) is 5.16 Å². The van der Waals surface area contributed by atoms with Gasteiger partial charge in [0.05, 0.1) is 5.56 Å². The lowest BCUT2D eigenvalue weighted by atomic mass is 10.0. The summed E-state index contributed by atoms with van der Waals surface area (Å²) in [6.07, 6.45) is -3.67. The van der Waals surface area contributed by atoms with Crippen LogP contribution in [-0.4, -0.2) is 49.5 Å². The zero-order valence-electron chi connectivity index (χ0n) is 16.3. The van der Waals surface area contributed by atoms with Crippen molar-refractivity contribution < 1.29 is 37.1 Å². The molecule has 0 radical (unpaired) electrons. The van der Waals surface area contributed by atoms with Gasteiger partial charge in [0.25, 0.3) is 5.91 Å². The van der Waals surface area contributed by atoms with Gasteiger partial charge in [-0.25, -0.2) is 9.78 Å². The van der Waals surface area contributed by atoms with Crippen molar-refractivity contribution >= 4 is 29.2 Å². The van der Waals surface area contributed by atoms with E-state index in [-0.39, 0.29) is 28.8 Å². The Hall–Kier alpha value is -3.34. The van der Waals surface area contributed by atoms with Gasteiger partial charge in [0, 0.05) is 18.8 Å². The van der Waals surface area contributed by atoms with Crippen LogP contribution in [-0.2, 0) is 21.0 Å². The maximum atomic E-state index is 12.2. The first-order valence-corrected chi connectivity index (χ1v) is 8.97. The van der Waals surface area contributed by atoms with E-state index in [9.17, 15) is 22.8 Å². The Kier molecular flexibility index (Phi) is 8.20. The van der Waals surface area contributed by atoms with Crippen LogP contribution >= 0.6 is 11.6 Å². The summed E-state index contributed by atoms with van der Waals surface area (Å²) in [6.45, 7) is -1.81. The van der Waals surface area contributed by atoms with Crippen molar-refractivity contribution in [3.63, 3.8) is 0 Å². The molecular formula is C19H17ClF3N3O5. The number of esters is 1. The number of likely N-dealkylation sites (N-methyl/N-ethyl adjacent to an activating group) is 1. The van der Waals surface area contributed by atoms with E-state index >= 15 is 0 Å². The number of nitrogens with one attached hydrogen (secondary N) is 1. The van der Waals surface area contributed by atoms with Crippen LogP contribution in [0.2, 0.25) is 5.02 Å². The number of halogens is 4. The van der Waals surface area contributed by atoms with Crippen LogP contribution in [0.1, 0.15) is 21.5 Å². The first kappa shape index (κ1) is 23.9. The number of nitrogens with zero attached hydrogens (tertiary/aromatic N) is 2. The van der Waals surface area contributed by atoms with E-state index < -0.39 is 24.7 Å². The van der Waals surface area contributed by atoms with E-state index in [4.69, 9.17) is 21.2 Å². The molecule has 1 aromatic heterocycles. The fourth-order valence-electron chi connectivity index (χ4n) is 2.32. The quantitative estimate of drug-likeness (QED) is 0.370. The van der Waals surface area contributed by atoms with Crippen LogP contribution in [0.25, 0.3) is 0 Å². The minimum absolute atomic E-state index is 0.0195. The third kappa shape index (κ3) is 6.85. The SMILES string of the molecule is CNC(=O)/C(=N\OC)c1ccccc1COc1ncc(C(=O)OCC(F)(F)F)cc1Cl. The molecule has 1 heterocycles. The number of rotatable bonds is 8. The van der Waals surface area contributed by atoms with Crippen molar-refractivity contribution in [2.75, 3.05) is 20.8 Å². The summed E-state index contributed by atoms with van der Waals surface area (Å²) in [5.74, 6) is -1.78. The molecule has 0 atom stereocenters. The molecule has 1 amide bonds. The van der Waals surface area contributed by atoms with Crippen LogP contribution in [0.5, 0.6) is 5.88 Å². The molecule has 1 aromatic carbocycles. The molecule has 0 fully saturated rings. The molecule has 1 N–H and O–H groups in total. The van der Waals surface area contributed by atoms with E-state index in [1.54, 1.807) is 24.3 Å². The second-order valence-electron chi connectivity index (χ2n) is 5.85. The molecule has 0 aliphatic carbocycles. The van der Waals surface area contributed by atoms with Crippen LogP contribution < -0.4 is 10.1 Å². The minimum Gasteiger partial charge on any atom is -0.472 e. The van der Waals surface area contributed by atoms with Crippen molar-refractivity contribution in [1.29, 1.82) is 0 Å². The van der Waals surface area contributed by atoms with Crippen molar-refractivity contribution in [1.82, 2.24) is 10.3 Å². The molecule has 0 saturated heterocycles. The highest BCUT2D eigenvalue weighted by molar-refractivity contribution is 6.45. The molecule has 0 aliphatic heterocycles. The average Bonchev–Trinajstić information content (AvgIpc) is 2.74. The van der Waals surface area contributed by atoms with Gasteiger partial charge in [0.1, 0.15) is 18.7 Å². The lowest BCUT2D eigenvalue weighted by Gasteiger charge is -2.13. The predicted molar refractivity (Wildman–Crippen MR) is 104 cm³/mol. The van der Waals surface area contributed by atoms with Gasteiger partial charge < -0.3 is 19.6 Å². The van der Waals surface area contributed by atoms with Crippen LogP contribution in [0.4, 0.5) is 13.2 Å². The number of carbonyl (C=O) groups excluding carboxylic acids is 2. The number of oxime groups is 1. The first-order valence-electron chi connectivity index (χ1n) is 8.60. The number of aromatic nitrogens is 1. The molecule has 0 aliphatic rings. The van der Waals surface area contributed by atoms with Gasteiger partial charge in [-0.2, -0.15) is 13.2 Å². The second kappa shape index (κ2) is 10.6. The van der Waals surface area contributed by atoms with E-state index in [0.29, 0.717) is 11.1 Å². The number of alkyl halides is 3. The van der Waals surface area contributed by atoms with Gasteiger partial charge >= 0.3 is 12.1 Å². The number of ether oxygens (including phenoxy) is 2. The van der Waals surface area contributed by atoms with E-state index in [0.717, 1.165) is 12.3 Å². The second-order valence-corrected chi connectivity index (χ2v) is 6.26. The molecule has 0 bridgehead atoms. The predicted octanol–water partition coefficient (Wildman–Crippen LogP) is 3.13. The van der Waals surface area contributed by atoms with Gasteiger partial charge in [0.15, 0.2) is 12.3 Å². The van der Waals surface area contributed by atoms with Gasteiger partial charge in [-0.05, 0) is 11.6 Å². The number of hydrogen-bond donors (Lipinski definition) is 1. The molecule has 0 spiro atoms. The Balaban J connectivity index is 2.16. The summed E-state index contributed by atoms with van der Waals surface area (Å²) >= 11 is 6.03. The highest BCUT2D eigenvalue weighted by atomic mass is 35.5. The Bertz CT molecular complexity index is 983. The molecule has 0 unspecified atom stereocenters. The van der Waals surface area contributed by atoms with Crippen molar-refractivity contribution in [3.8, 4) is 5.88 Å². The van der Waals surface area contributed by atoms with Crippen LogP contribution in [0.15, 0.2) is 41.7 Å². The molecule has 2 aromatic rings. The fraction of sp³-hybridized carbons (Fsp3) is 0.263. The zero-order valence-corrected chi connectivity index (χ0v) is 17.1. The number of pyridine rings is 1. The highest BCUT2D eigenvalue weighted by Crippen LogP contribution is 2.25. The molecule has 0 saturated carbocycles. The smallest absolute Gasteiger partial charge is 0.422 e. The molecule has 2 rings (SSSR count). The summed E-state index contributed by atoms with van der Waals surface area (Å²) in [7, 11) is 2.74. The molecular weight excluding hydrogens is 443 g/mol. The topological polar surface area (TPSA) is 99.1 Å². The summed E-state index contributed by atoms with van der Waals surface area (Å²) < 4.78 is 46.2. The summed E-state index contributed by atoms with van der Waals surface area (Å²) in [4.78, 5) is 32.4. The lowest BCUT2D eigenvalue weighted by molar-refractivity contribution is -0.161. The minimum atomic E-state index is -4.65. The van der Waals surface area contributed by atoms with Gasteiger partial charge in [-0.3, -0.25) is 4.79 Å². The summed E-state index contributed by atoms with van der Waals surface area (Å²) in [5, 5.41) is 6.08. The standard InChI is InChI=1S/C19H17ClF3N3O5/c1-24-16(27)15(26-29-2)13-6-4-3-5-11(13)9-30-17-14(20)7-12(8-25-17)18(28)31-10-19(21,22)23/h3-8H,9-10H2,1-2H3,(H,24,27)/b26-15-. The third-order valence-electron chi connectivity index (χ3n) is 3.67. The van der Waals surface area contributed by atoms with Crippen LogP contribution in [0.3, 0.4) is 0 Å². The van der Waals surface area contributed by atoms with E-state index in [2.05, 4.69) is 20.2 Å². The van der Waals surface area contributed by atoms with Gasteiger partial charge in [-0.1, -0.05) is 41.0 Å². The van der Waals surface area contributed by atoms with Gasteiger partial charge in [0.2, 0.25) is 5.88 Å². The maximum absolute atomic E-state index is 12.2. The van der Waals surface area contributed by atoms with Crippen LogP contribution in [0, 0.1) is 0 Å². The van der Waals surface area contributed by atoms with E-state index in [1.807, 2.05) is 0 Å².